The number of likely N-dealkylation sites (tertiary alicyclic amines) is 1. The Morgan fingerprint density at radius 2 is 1.62 bits per heavy atom. The first-order chi connectivity index (χ1) is 15.2. The monoisotopic (exact) mass is 446 g/mol. The lowest BCUT2D eigenvalue weighted by Gasteiger charge is -2.40. The van der Waals surface area contributed by atoms with Crippen molar-refractivity contribution >= 4 is 23.5 Å². The van der Waals surface area contributed by atoms with Crippen LogP contribution in [-0.2, 0) is 15.0 Å². The Hall–Kier alpha value is -3.36. The minimum absolute atomic E-state index is 0.106. The van der Waals surface area contributed by atoms with E-state index in [-0.39, 0.29) is 25.3 Å². The number of anilines is 1. The summed E-state index contributed by atoms with van der Waals surface area (Å²) in [6.07, 6.45) is 0.452. The van der Waals surface area contributed by atoms with Gasteiger partial charge in [0, 0.05) is 37.2 Å². The second-order valence-electron chi connectivity index (χ2n) is 8.20. The van der Waals surface area contributed by atoms with Crippen LogP contribution < -0.4 is 4.90 Å². The number of fused-ring (bicyclic) bond motifs is 2. The molecule has 0 aliphatic carbocycles. The van der Waals surface area contributed by atoms with Crippen LogP contribution in [0.2, 0.25) is 0 Å². The van der Waals surface area contributed by atoms with E-state index in [1.807, 2.05) is 0 Å². The van der Waals surface area contributed by atoms with Crippen molar-refractivity contribution in [1.82, 2.24) is 4.90 Å². The maximum Gasteiger partial charge on any atom is 0.303 e. The lowest BCUT2D eigenvalue weighted by Crippen LogP contribution is -2.48. The molecule has 0 unspecified atom stereocenters. The number of nitrogens with zero attached hydrogens (tertiary/aromatic N) is 2. The van der Waals surface area contributed by atoms with E-state index in [2.05, 4.69) is 0 Å². The van der Waals surface area contributed by atoms with Crippen molar-refractivity contribution < 1.29 is 32.7 Å². The second-order valence-corrected chi connectivity index (χ2v) is 8.20. The summed E-state index contributed by atoms with van der Waals surface area (Å²) >= 11 is 0. The van der Waals surface area contributed by atoms with Crippen LogP contribution in [0.25, 0.3) is 0 Å². The van der Waals surface area contributed by atoms with E-state index >= 15 is 0 Å². The lowest BCUT2D eigenvalue weighted by atomic mass is 9.74. The molecule has 2 aliphatic rings. The van der Waals surface area contributed by atoms with Gasteiger partial charge >= 0.3 is 5.97 Å². The number of aliphatic carboxylic acids is 1. The fraction of sp³-hybridized carbons (Fsp3) is 0.348. The minimum Gasteiger partial charge on any atom is -0.481 e. The molecule has 0 bridgehead atoms. The van der Waals surface area contributed by atoms with Gasteiger partial charge in [-0.2, -0.15) is 0 Å². The summed E-state index contributed by atoms with van der Waals surface area (Å²) in [7, 11) is 0. The Morgan fingerprint density at radius 1 is 0.969 bits per heavy atom. The van der Waals surface area contributed by atoms with E-state index in [4.69, 9.17) is 5.11 Å². The molecule has 1 fully saturated rings. The molecule has 0 saturated carbocycles. The maximum absolute atomic E-state index is 14.3. The van der Waals surface area contributed by atoms with E-state index in [0.717, 1.165) is 12.1 Å². The highest BCUT2D eigenvalue weighted by Crippen LogP contribution is 2.48. The summed E-state index contributed by atoms with van der Waals surface area (Å²) in [5.41, 5.74) is -0.371. The zero-order valence-electron chi connectivity index (χ0n) is 17.1. The first kappa shape index (κ1) is 21.9. The molecule has 1 spiro atoms. The van der Waals surface area contributed by atoms with E-state index in [0.29, 0.717) is 37.2 Å². The highest BCUT2D eigenvalue weighted by Gasteiger charge is 2.47. The first-order valence-corrected chi connectivity index (χ1v) is 10.3. The smallest absolute Gasteiger partial charge is 0.303 e. The summed E-state index contributed by atoms with van der Waals surface area (Å²) in [5.74, 6) is -4.61. The van der Waals surface area contributed by atoms with E-state index in [1.165, 1.54) is 29.2 Å². The Bertz CT molecular complexity index is 1080. The standard InChI is InChI=1S/C23H21F3N2O4/c24-14-4-5-18-15(12-14)23(8-10-27(11-9-23)19(29)6-7-20(30)31)13-28(18)22(32)21-16(25)2-1-3-17(21)26/h1-5,12H,6-11,13H2,(H,30,31). The van der Waals surface area contributed by atoms with Gasteiger partial charge in [0.25, 0.3) is 5.91 Å². The van der Waals surface area contributed by atoms with Crippen molar-refractivity contribution in [3.05, 3.63) is 65.0 Å². The van der Waals surface area contributed by atoms with E-state index in [1.54, 1.807) is 4.90 Å². The number of piperidine rings is 1. The molecule has 2 aliphatic heterocycles. The second kappa shape index (κ2) is 8.29. The van der Waals surface area contributed by atoms with Crippen molar-refractivity contribution in [2.75, 3.05) is 24.5 Å². The molecule has 2 aromatic rings. The summed E-state index contributed by atoms with van der Waals surface area (Å²) < 4.78 is 42.6. The molecule has 1 N–H and O–H groups in total. The quantitative estimate of drug-likeness (QED) is 0.780. The highest BCUT2D eigenvalue weighted by molar-refractivity contribution is 6.08. The molecule has 6 nitrogen and oxygen atoms in total. The maximum atomic E-state index is 14.3. The number of carbonyl (C=O) groups excluding carboxylic acids is 2. The summed E-state index contributed by atoms with van der Waals surface area (Å²) in [5, 5.41) is 8.78. The number of amides is 2. The predicted octanol–water partition coefficient (Wildman–Crippen LogP) is 3.49. The summed E-state index contributed by atoms with van der Waals surface area (Å²) in [6, 6.07) is 7.15. The van der Waals surface area contributed by atoms with E-state index in [9.17, 15) is 27.6 Å². The first-order valence-electron chi connectivity index (χ1n) is 10.3. The number of carboxylic acid groups (broad SMARTS) is 1. The average Bonchev–Trinajstić information content (AvgIpc) is 3.05. The van der Waals surface area contributed by atoms with E-state index < -0.39 is 40.3 Å². The van der Waals surface area contributed by atoms with Crippen LogP contribution in [-0.4, -0.2) is 47.4 Å². The van der Waals surface area contributed by atoms with Crippen molar-refractivity contribution in [3.63, 3.8) is 0 Å². The van der Waals surface area contributed by atoms with Gasteiger partial charge in [-0.3, -0.25) is 14.4 Å². The normalized spacial score (nSPS) is 16.8. The number of halogens is 3. The van der Waals surface area contributed by atoms with Gasteiger partial charge in [-0.1, -0.05) is 6.07 Å². The van der Waals surface area contributed by atoms with Crippen molar-refractivity contribution in [2.45, 2.75) is 31.1 Å². The number of hydrogen-bond donors (Lipinski definition) is 1. The van der Waals surface area contributed by atoms with Gasteiger partial charge in [0.15, 0.2) is 0 Å². The molecule has 0 aromatic heterocycles. The van der Waals surface area contributed by atoms with Gasteiger partial charge in [-0.15, -0.1) is 0 Å². The molecule has 32 heavy (non-hydrogen) atoms. The number of hydrogen-bond acceptors (Lipinski definition) is 3. The van der Waals surface area contributed by atoms with Gasteiger partial charge in [-0.25, -0.2) is 13.2 Å². The minimum atomic E-state index is -1.05. The zero-order valence-corrected chi connectivity index (χ0v) is 17.1. The number of carbonyl (C=O) groups is 3. The Kier molecular flexibility index (Phi) is 5.66. The molecular weight excluding hydrogens is 425 g/mol. The number of benzene rings is 2. The molecule has 2 amide bonds. The third kappa shape index (κ3) is 3.83. The fourth-order valence-electron chi connectivity index (χ4n) is 4.64. The van der Waals surface area contributed by atoms with Crippen LogP contribution >= 0.6 is 0 Å². The topological polar surface area (TPSA) is 77.9 Å². The van der Waals surface area contributed by atoms with Gasteiger partial charge in [0.2, 0.25) is 5.91 Å². The molecule has 2 heterocycles. The molecule has 4 rings (SSSR count). The molecule has 2 aromatic carbocycles. The summed E-state index contributed by atoms with van der Waals surface area (Å²) in [6.45, 7) is 0.727. The van der Waals surface area contributed by atoms with Crippen LogP contribution in [0, 0.1) is 17.5 Å². The fourth-order valence-corrected chi connectivity index (χ4v) is 4.64. The van der Waals surface area contributed by atoms with Crippen LogP contribution in [0.4, 0.5) is 18.9 Å². The molecule has 0 radical (unpaired) electrons. The molecule has 9 heteroatoms. The highest BCUT2D eigenvalue weighted by atomic mass is 19.1. The molecule has 168 valence electrons. The van der Waals surface area contributed by atoms with Crippen LogP contribution in [0.3, 0.4) is 0 Å². The van der Waals surface area contributed by atoms with Crippen LogP contribution in [0.15, 0.2) is 36.4 Å². The van der Waals surface area contributed by atoms with Gasteiger partial charge in [0.05, 0.1) is 6.42 Å². The predicted molar refractivity (Wildman–Crippen MR) is 109 cm³/mol. The van der Waals surface area contributed by atoms with Crippen molar-refractivity contribution in [2.24, 2.45) is 0 Å². The zero-order chi connectivity index (χ0) is 23.0. The molecule has 1 saturated heterocycles. The Labute approximate surface area is 182 Å². The van der Waals surface area contributed by atoms with Crippen molar-refractivity contribution in [3.8, 4) is 0 Å². The SMILES string of the molecule is O=C(O)CCC(=O)N1CCC2(CC1)CN(C(=O)c1c(F)cccc1F)c1ccc(F)cc12. The molecular formula is C23H21F3N2O4. The Morgan fingerprint density at radius 3 is 2.25 bits per heavy atom. The van der Waals surface area contributed by atoms with Gasteiger partial charge in [0.1, 0.15) is 23.0 Å². The van der Waals surface area contributed by atoms with Crippen LogP contribution in [0.1, 0.15) is 41.6 Å². The summed E-state index contributed by atoms with van der Waals surface area (Å²) in [4.78, 5) is 39.0. The Balaban J connectivity index is 1.61. The molecule has 0 atom stereocenters. The number of rotatable bonds is 4. The number of carboxylic acids is 1. The lowest BCUT2D eigenvalue weighted by molar-refractivity contribution is -0.141. The van der Waals surface area contributed by atoms with Gasteiger partial charge in [-0.05, 0) is 48.7 Å². The average molecular weight is 446 g/mol. The largest absolute Gasteiger partial charge is 0.481 e. The van der Waals surface area contributed by atoms with Gasteiger partial charge < -0.3 is 14.9 Å². The third-order valence-corrected chi connectivity index (χ3v) is 6.33. The van der Waals surface area contributed by atoms with Crippen molar-refractivity contribution in [1.29, 1.82) is 0 Å². The third-order valence-electron chi connectivity index (χ3n) is 6.33. The van der Waals surface area contributed by atoms with Crippen LogP contribution in [0.5, 0.6) is 0 Å².